The predicted molar refractivity (Wildman–Crippen MR) is 118 cm³/mol. The Morgan fingerprint density at radius 3 is 2.78 bits per heavy atom. The van der Waals surface area contributed by atoms with E-state index >= 15 is 0 Å². The minimum absolute atomic E-state index is 0.0298. The molecule has 0 bridgehead atoms. The molecule has 1 saturated heterocycles. The van der Waals surface area contributed by atoms with Gasteiger partial charge >= 0.3 is 0 Å². The van der Waals surface area contributed by atoms with E-state index < -0.39 is 10.7 Å². The molecule has 4 rings (SSSR count). The number of carbonyl (C=O) groups is 1. The number of benzene rings is 1. The van der Waals surface area contributed by atoms with Crippen molar-refractivity contribution < 1.29 is 14.1 Å². The minimum Gasteiger partial charge on any atom is -0.335 e. The van der Waals surface area contributed by atoms with Gasteiger partial charge in [-0.05, 0) is 38.3 Å². The zero-order chi connectivity index (χ0) is 23.0. The molecule has 10 heteroatoms. The molecule has 3 aromatic rings. The van der Waals surface area contributed by atoms with Crippen molar-refractivity contribution in [2.24, 2.45) is 0 Å². The summed E-state index contributed by atoms with van der Waals surface area (Å²) in [7, 11) is 0. The average Bonchev–Trinajstić information content (AvgIpc) is 2.95. The number of hydrogen-bond acceptors (Lipinski definition) is 5. The number of aryl methyl sites for hydroxylation is 1. The van der Waals surface area contributed by atoms with E-state index in [1.54, 1.807) is 6.07 Å². The Morgan fingerprint density at radius 2 is 2.09 bits per heavy atom. The Bertz CT molecular complexity index is 1210. The summed E-state index contributed by atoms with van der Waals surface area (Å²) in [5, 5.41) is 15.4. The Kier molecular flexibility index (Phi) is 6.10. The Labute approximate surface area is 189 Å². The number of amides is 1. The van der Waals surface area contributed by atoms with Gasteiger partial charge in [-0.25, -0.2) is 13.9 Å². The maximum Gasteiger partial charge on any atom is 0.272 e. The van der Waals surface area contributed by atoms with Gasteiger partial charge in [0.25, 0.3) is 11.6 Å². The van der Waals surface area contributed by atoms with Gasteiger partial charge in [0, 0.05) is 29.9 Å². The van der Waals surface area contributed by atoms with E-state index in [9.17, 15) is 19.3 Å². The molecule has 1 aliphatic heterocycles. The summed E-state index contributed by atoms with van der Waals surface area (Å²) in [6.07, 6.45) is 4.65. The SMILES string of the molecule is CCc1cc(C(=O)N2CCCCCC2C)nc2c(Cl)c(-c3ccc([N+](=O)[O-])cc3F)nn12. The zero-order valence-corrected chi connectivity index (χ0v) is 18.6. The molecule has 0 saturated carbocycles. The lowest BCUT2D eigenvalue weighted by molar-refractivity contribution is -0.385. The topological polar surface area (TPSA) is 93.6 Å². The second-order valence-corrected chi connectivity index (χ2v) is 8.38. The van der Waals surface area contributed by atoms with Gasteiger partial charge in [-0.3, -0.25) is 14.9 Å². The average molecular weight is 460 g/mol. The monoisotopic (exact) mass is 459 g/mol. The fourth-order valence-corrected chi connectivity index (χ4v) is 4.38. The summed E-state index contributed by atoms with van der Waals surface area (Å²) in [4.78, 5) is 29.9. The lowest BCUT2D eigenvalue weighted by Crippen LogP contribution is -2.38. The van der Waals surface area contributed by atoms with Crippen LogP contribution < -0.4 is 0 Å². The van der Waals surface area contributed by atoms with Crippen molar-refractivity contribution in [2.75, 3.05) is 6.54 Å². The number of non-ortho nitro benzene ring substituents is 1. The highest BCUT2D eigenvalue weighted by Crippen LogP contribution is 2.34. The summed E-state index contributed by atoms with van der Waals surface area (Å²) >= 11 is 6.54. The molecule has 0 N–H and O–H groups in total. The van der Waals surface area contributed by atoms with E-state index in [-0.39, 0.29) is 45.3 Å². The van der Waals surface area contributed by atoms with E-state index in [1.807, 2.05) is 18.7 Å². The predicted octanol–water partition coefficient (Wildman–Crippen LogP) is 5.06. The third-order valence-electron chi connectivity index (χ3n) is 5.92. The maximum atomic E-state index is 14.6. The molecule has 32 heavy (non-hydrogen) atoms. The number of nitrogens with zero attached hydrogens (tertiary/aromatic N) is 5. The summed E-state index contributed by atoms with van der Waals surface area (Å²) in [6, 6.07) is 5.13. The number of nitro groups is 1. The molecule has 1 atom stereocenters. The number of nitro benzene ring substituents is 1. The van der Waals surface area contributed by atoms with Crippen LogP contribution in [0.25, 0.3) is 16.9 Å². The molecule has 2 aromatic heterocycles. The van der Waals surface area contributed by atoms with Gasteiger partial charge in [-0.2, -0.15) is 5.10 Å². The zero-order valence-electron chi connectivity index (χ0n) is 17.8. The van der Waals surface area contributed by atoms with Gasteiger partial charge in [-0.1, -0.05) is 31.4 Å². The number of likely N-dealkylation sites (tertiary alicyclic amines) is 1. The second-order valence-electron chi connectivity index (χ2n) is 8.00. The first-order chi connectivity index (χ1) is 15.3. The molecular formula is C22H23ClFN5O3. The van der Waals surface area contributed by atoms with Crippen molar-refractivity contribution in [1.29, 1.82) is 0 Å². The van der Waals surface area contributed by atoms with Crippen molar-refractivity contribution in [2.45, 2.75) is 52.0 Å². The molecule has 0 spiro atoms. The third-order valence-corrected chi connectivity index (χ3v) is 6.27. The fourth-order valence-electron chi connectivity index (χ4n) is 4.12. The molecule has 1 fully saturated rings. The number of rotatable bonds is 4. The van der Waals surface area contributed by atoms with Crippen LogP contribution >= 0.6 is 11.6 Å². The van der Waals surface area contributed by atoms with Crippen molar-refractivity contribution in [3.8, 4) is 11.3 Å². The quantitative estimate of drug-likeness (QED) is 0.401. The molecule has 0 radical (unpaired) electrons. The molecule has 8 nitrogen and oxygen atoms in total. The van der Waals surface area contributed by atoms with Crippen molar-refractivity contribution in [1.82, 2.24) is 19.5 Å². The van der Waals surface area contributed by atoms with Gasteiger partial charge < -0.3 is 4.90 Å². The highest BCUT2D eigenvalue weighted by atomic mass is 35.5. The Balaban J connectivity index is 1.81. The van der Waals surface area contributed by atoms with Crippen molar-refractivity contribution >= 4 is 28.8 Å². The van der Waals surface area contributed by atoms with E-state index in [0.29, 0.717) is 18.7 Å². The molecule has 168 valence electrons. The van der Waals surface area contributed by atoms with Gasteiger partial charge in [0.1, 0.15) is 22.2 Å². The maximum absolute atomic E-state index is 14.6. The van der Waals surface area contributed by atoms with Crippen LogP contribution in [-0.4, -0.2) is 42.9 Å². The van der Waals surface area contributed by atoms with Crippen molar-refractivity contribution in [3.63, 3.8) is 0 Å². The molecular weight excluding hydrogens is 437 g/mol. The van der Waals surface area contributed by atoms with Gasteiger partial charge in [0.15, 0.2) is 5.65 Å². The number of halogens is 2. The number of aromatic nitrogens is 3. The Hall–Kier alpha value is -3.07. The summed E-state index contributed by atoms with van der Waals surface area (Å²) in [6.45, 7) is 4.64. The number of hydrogen-bond donors (Lipinski definition) is 0. The van der Waals surface area contributed by atoms with Crippen LogP contribution in [0.3, 0.4) is 0 Å². The first-order valence-corrected chi connectivity index (χ1v) is 11.0. The molecule has 1 unspecified atom stereocenters. The van der Waals surface area contributed by atoms with Crippen molar-refractivity contribution in [3.05, 3.63) is 56.6 Å². The van der Waals surface area contributed by atoms with E-state index in [1.165, 1.54) is 16.6 Å². The van der Waals surface area contributed by atoms with E-state index in [4.69, 9.17) is 11.6 Å². The summed E-state index contributed by atoms with van der Waals surface area (Å²) < 4.78 is 16.1. The first-order valence-electron chi connectivity index (χ1n) is 10.6. The van der Waals surface area contributed by atoms with Crippen LogP contribution in [0.2, 0.25) is 5.02 Å². The standard InChI is InChI=1S/C22H23ClFN5O3/c1-3-14-12-18(22(30)27-10-6-4-5-7-13(27)2)25-21-19(23)20(26-28(14)21)16-9-8-15(29(31)32)11-17(16)24/h8-9,11-13H,3-7,10H2,1-2H3. The smallest absolute Gasteiger partial charge is 0.272 e. The van der Waals surface area contributed by atoms with Gasteiger partial charge in [0.05, 0.1) is 11.0 Å². The Morgan fingerprint density at radius 1 is 1.31 bits per heavy atom. The molecule has 0 aliphatic carbocycles. The normalized spacial score (nSPS) is 16.9. The largest absolute Gasteiger partial charge is 0.335 e. The lowest BCUT2D eigenvalue weighted by atomic mass is 10.1. The number of fused-ring (bicyclic) bond motifs is 1. The minimum atomic E-state index is -0.808. The second kappa shape index (κ2) is 8.82. The molecule has 1 amide bonds. The highest BCUT2D eigenvalue weighted by molar-refractivity contribution is 6.36. The first kappa shape index (κ1) is 22.1. The highest BCUT2D eigenvalue weighted by Gasteiger charge is 2.27. The lowest BCUT2D eigenvalue weighted by Gasteiger charge is -2.27. The van der Waals surface area contributed by atoms with Gasteiger partial charge in [0.2, 0.25) is 0 Å². The molecule has 3 heterocycles. The third kappa shape index (κ3) is 3.92. The van der Waals surface area contributed by atoms with Crippen LogP contribution in [0.1, 0.15) is 55.7 Å². The fraction of sp³-hybridized carbons (Fsp3) is 0.409. The van der Waals surface area contributed by atoms with Crippen LogP contribution in [0.15, 0.2) is 24.3 Å². The molecule has 1 aliphatic rings. The summed E-state index contributed by atoms with van der Waals surface area (Å²) in [5.41, 5.74) is 1.02. The van der Waals surface area contributed by atoms with Crippen LogP contribution in [0.5, 0.6) is 0 Å². The van der Waals surface area contributed by atoms with Crippen LogP contribution in [0, 0.1) is 15.9 Å². The van der Waals surface area contributed by atoms with Crippen LogP contribution in [0.4, 0.5) is 10.1 Å². The van der Waals surface area contributed by atoms with Gasteiger partial charge in [-0.15, -0.1) is 0 Å². The van der Waals surface area contributed by atoms with Crippen LogP contribution in [-0.2, 0) is 6.42 Å². The van der Waals surface area contributed by atoms with E-state index in [2.05, 4.69) is 10.1 Å². The number of carbonyl (C=O) groups excluding carboxylic acids is 1. The molecule has 1 aromatic carbocycles. The summed E-state index contributed by atoms with van der Waals surface area (Å²) in [5.74, 6) is -0.964. The van der Waals surface area contributed by atoms with E-state index in [0.717, 1.165) is 31.7 Å².